The number of rotatable bonds is 26. The molecule has 0 bridgehead atoms. The van der Waals surface area contributed by atoms with E-state index in [1.807, 2.05) is 0 Å². The van der Waals surface area contributed by atoms with E-state index in [9.17, 15) is 0 Å². The predicted octanol–water partition coefficient (Wildman–Crippen LogP) is 22.9. The molecule has 0 heteroatoms. The molecule has 5 atom stereocenters. The molecule has 0 aliphatic carbocycles. The van der Waals surface area contributed by atoms with Crippen molar-refractivity contribution in [3.8, 4) is 0 Å². The maximum Gasteiger partial charge on any atom is -0.0280 e. The van der Waals surface area contributed by atoms with Crippen molar-refractivity contribution in [2.75, 3.05) is 0 Å². The first-order chi connectivity index (χ1) is 27.4. The summed E-state index contributed by atoms with van der Waals surface area (Å²) < 4.78 is 0. The molecule has 0 nitrogen and oxygen atoms in total. The van der Waals surface area contributed by atoms with Crippen LogP contribution in [0, 0.1) is 73.9 Å². The van der Waals surface area contributed by atoms with Crippen LogP contribution in [-0.2, 0) is 0 Å². The van der Waals surface area contributed by atoms with Crippen molar-refractivity contribution in [3.05, 3.63) is 0 Å². The van der Waals surface area contributed by atoms with Gasteiger partial charge in [-0.1, -0.05) is 296 Å². The molecule has 0 aliphatic heterocycles. The Morgan fingerprint density at radius 3 is 0.869 bits per heavy atom. The smallest absolute Gasteiger partial charge is 0.0280 e. The monoisotopic (exact) mass is 863 g/mol. The molecule has 0 radical (unpaired) electrons. The molecular formula is C61H130. The Hall–Kier alpha value is 0. The van der Waals surface area contributed by atoms with Crippen molar-refractivity contribution in [1.82, 2.24) is 0 Å². The second-order valence-electron chi connectivity index (χ2n) is 28.1. The topological polar surface area (TPSA) is 0 Å². The third-order valence-electron chi connectivity index (χ3n) is 15.5. The molecule has 374 valence electrons. The highest BCUT2D eigenvalue weighted by atomic mass is 14.4. The van der Waals surface area contributed by atoms with Crippen LogP contribution in [0.25, 0.3) is 0 Å². The van der Waals surface area contributed by atoms with Crippen molar-refractivity contribution >= 4 is 0 Å². The SMILES string of the molecule is CC(C)CCCC(C)CCC(C)(C)C.CC(C)CCCC(C)CCCC(C)CCC(C)(C)C.CCC(C)(CCCC(C)C)C(C)(C)C.CCC(C)CCCC(C)(C)C(C)(C)C. The van der Waals surface area contributed by atoms with Crippen LogP contribution in [0.1, 0.15) is 322 Å². The Balaban J connectivity index is -0.000000359. The van der Waals surface area contributed by atoms with E-state index in [1.54, 1.807) is 0 Å². The van der Waals surface area contributed by atoms with Crippen LogP contribution in [0.5, 0.6) is 0 Å². The zero-order chi connectivity index (χ0) is 48.9. The summed E-state index contributed by atoms with van der Waals surface area (Å²) in [6.07, 6.45) is 29.3. The lowest BCUT2D eigenvalue weighted by atomic mass is 9.64. The molecule has 0 spiro atoms. The van der Waals surface area contributed by atoms with Gasteiger partial charge < -0.3 is 0 Å². The van der Waals surface area contributed by atoms with E-state index >= 15 is 0 Å². The van der Waals surface area contributed by atoms with Crippen LogP contribution in [0.2, 0.25) is 0 Å². The minimum atomic E-state index is 0.433. The molecule has 0 rings (SSSR count). The summed E-state index contributed by atoms with van der Waals surface area (Å²) >= 11 is 0. The maximum atomic E-state index is 2.45. The van der Waals surface area contributed by atoms with E-state index < -0.39 is 0 Å². The molecule has 0 heterocycles. The van der Waals surface area contributed by atoms with Crippen molar-refractivity contribution in [2.24, 2.45) is 73.9 Å². The number of hydrogen-bond donors (Lipinski definition) is 0. The second-order valence-corrected chi connectivity index (χ2v) is 28.1. The molecule has 0 saturated carbocycles. The van der Waals surface area contributed by atoms with E-state index in [0.717, 1.165) is 41.4 Å². The van der Waals surface area contributed by atoms with Crippen molar-refractivity contribution < 1.29 is 0 Å². The second kappa shape index (κ2) is 34.3. The molecule has 0 aromatic rings. The highest BCUT2D eigenvalue weighted by molar-refractivity contribution is 4.85. The van der Waals surface area contributed by atoms with Crippen LogP contribution < -0.4 is 0 Å². The van der Waals surface area contributed by atoms with E-state index in [4.69, 9.17) is 0 Å². The van der Waals surface area contributed by atoms with Gasteiger partial charge in [0.15, 0.2) is 0 Å². The molecule has 0 aliphatic rings. The fraction of sp³-hybridized carbons (Fsp3) is 1.00. The Morgan fingerprint density at radius 2 is 0.590 bits per heavy atom. The van der Waals surface area contributed by atoms with Crippen LogP contribution in [0.4, 0.5) is 0 Å². The lowest BCUT2D eigenvalue weighted by Gasteiger charge is -2.42. The standard InChI is InChI=1S/C19H40.3C14H30/c1-16(2)10-8-11-17(3)12-9-13-18(4)14-15-19(5,6)7;1-12(2)8-7-9-13(3)10-11-14(4,5)6;1-8-12(2)10-9-11-14(6,7)13(3,4)5;1-8-14(7,13(4,5)6)11-9-10-12(2)3/h16-18H,8-15H2,1-7H3;12-13H,7-11H2,1-6H3;2*12H,8-11H2,1-7H3. The van der Waals surface area contributed by atoms with Crippen LogP contribution in [0.3, 0.4) is 0 Å². The Morgan fingerprint density at radius 1 is 0.295 bits per heavy atom. The van der Waals surface area contributed by atoms with Crippen molar-refractivity contribution in [2.45, 2.75) is 322 Å². The third kappa shape index (κ3) is 45.0. The van der Waals surface area contributed by atoms with Gasteiger partial charge >= 0.3 is 0 Å². The first-order valence-corrected chi connectivity index (χ1v) is 27.4. The maximum absolute atomic E-state index is 2.45. The molecule has 0 aromatic carbocycles. The Bertz CT molecular complexity index is 932. The van der Waals surface area contributed by atoms with Gasteiger partial charge in [0, 0.05) is 0 Å². The highest BCUT2D eigenvalue weighted by Gasteiger charge is 2.35. The van der Waals surface area contributed by atoms with Gasteiger partial charge in [-0.15, -0.1) is 0 Å². The fourth-order valence-corrected chi connectivity index (χ4v) is 7.81. The summed E-state index contributed by atoms with van der Waals surface area (Å²) in [5, 5.41) is 0. The first kappa shape index (κ1) is 67.6. The summed E-state index contributed by atoms with van der Waals surface area (Å²) in [7, 11) is 0. The zero-order valence-electron chi connectivity index (χ0n) is 48.9. The highest BCUT2D eigenvalue weighted by Crippen LogP contribution is 2.45. The lowest BCUT2D eigenvalue weighted by molar-refractivity contribution is 0.0863. The minimum Gasteiger partial charge on any atom is -0.0651 e. The summed E-state index contributed by atoms with van der Waals surface area (Å²) in [6.45, 7) is 63.8. The zero-order valence-corrected chi connectivity index (χ0v) is 48.9. The quantitative estimate of drug-likeness (QED) is 0.0813. The molecule has 0 aromatic heterocycles. The van der Waals surface area contributed by atoms with E-state index in [1.165, 1.54) is 135 Å². The predicted molar refractivity (Wildman–Crippen MR) is 289 cm³/mol. The van der Waals surface area contributed by atoms with E-state index in [0.29, 0.717) is 32.5 Å². The van der Waals surface area contributed by atoms with Gasteiger partial charge in [0.05, 0.1) is 0 Å². The van der Waals surface area contributed by atoms with Gasteiger partial charge in [0.2, 0.25) is 0 Å². The minimum absolute atomic E-state index is 0.433. The average Bonchev–Trinajstić information content (AvgIpc) is 3.08. The van der Waals surface area contributed by atoms with Crippen molar-refractivity contribution in [1.29, 1.82) is 0 Å². The normalized spacial score (nSPS) is 15.8. The van der Waals surface area contributed by atoms with E-state index in [2.05, 4.69) is 187 Å². The van der Waals surface area contributed by atoms with Gasteiger partial charge in [0.25, 0.3) is 0 Å². The summed E-state index contributed by atoms with van der Waals surface area (Å²) in [5.41, 5.74) is 2.90. The van der Waals surface area contributed by atoms with Gasteiger partial charge in [-0.25, -0.2) is 0 Å². The van der Waals surface area contributed by atoms with Gasteiger partial charge in [-0.05, 0) is 99.6 Å². The summed E-state index contributed by atoms with van der Waals surface area (Å²) in [6, 6.07) is 0. The first-order valence-electron chi connectivity index (χ1n) is 27.4. The molecule has 0 amide bonds. The van der Waals surface area contributed by atoms with Gasteiger partial charge in [-0.3, -0.25) is 0 Å². The molecule has 61 heavy (non-hydrogen) atoms. The van der Waals surface area contributed by atoms with Crippen LogP contribution >= 0.6 is 0 Å². The number of hydrogen-bond acceptors (Lipinski definition) is 0. The summed E-state index contributed by atoms with van der Waals surface area (Å²) in [4.78, 5) is 0. The average molecular weight is 864 g/mol. The fourth-order valence-electron chi connectivity index (χ4n) is 7.81. The molecule has 5 unspecified atom stereocenters. The summed E-state index contributed by atoms with van der Waals surface area (Å²) in [5.74, 6) is 6.31. The van der Waals surface area contributed by atoms with Crippen molar-refractivity contribution in [3.63, 3.8) is 0 Å². The largest absolute Gasteiger partial charge is 0.0651 e. The Labute approximate surface area is 394 Å². The molecule has 0 saturated heterocycles. The van der Waals surface area contributed by atoms with Gasteiger partial charge in [-0.2, -0.15) is 0 Å². The molecule has 0 fully saturated rings. The van der Waals surface area contributed by atoms with E-state index in [-0.39, 0.29) is 0 Å². The van der Waals surface area contributed by atoms with Gasteiger partial charge in [0.1, 0.15) is 0 Å². The Kier molecular flexibility index (Phi) is 38.0. The molecular weight excluding hydrogens is 733 g/mol. The lowest BCUT2D eigenvalue weighted by Crippen LogP contribution is -2.32. The third-order valence-corrected chi connectivity index (χ3v) is 15.5. The van der Waals surface area contributed by atoms with Crippen LogP contribution in [-0.4, -0.2) is 0 Å². The molecule has 0 N–H and O–H groups in total. The van der Waals surface area contributed by atoms with Crippen LogP contribution in [0.15, 0.2) is 0 Å².